The largest absolute Gasteiger partial charge is 0.382 e. The van der Waals surface area contributed by atoms with Gasteiger partial charge in [0.15, 0.2) is 15.8 Å². The van der Waals surface area contributed by atoms with E-state index in [1.807, 2.05) is 6.92 Å². The minimum atomic E-state index is -3.14. The fourth-order valence-corrected chi connectivity index (χ4v) is 2.42. The monoisotopic (exact) mass is 455 g/mol. The van der Waals surface area contributed by atoms with Crippen LogP contribution >= 0.6 is 24.0 Å². The summed E-state index contributed by atoms with van der Waals surface area (Å²) in [5.41, 5.74) is 0.990. The normalized spacial score (nSPS) is 11.7. The van der Waals surface area contributed by atoms with Crippen LogP contribution in [0.1, 0.15) is 18.9 Å². The Labute approximate surface area is 156 Å². The smallest absolute Gasteiger partial charge is 0.191 e. The molecule has 23 heavy (non-hydrogen) atoms. The number of nitrogens with zero attached hydrogens (tertiary/aromatic N) is 1. The molecule has 0 fully saturated rings. The van der Waals surface area contributed by atoms with Gasteiger partial charge in [0.25, 0.3) is 0 Å². The van der Waals surface area contributed by atoms with Gasteiger partial charge in [-0.05, 0) is 31.0 Å². The second kappa shape index (κ2) is 11.6. The van der Waals surface area contributed by atoms with Gasteiger partial charge in [-0.2, -0.15) is 0 Å². The predicted octanol–water partition coefficient (Wildman–Crippen LogP) is 1.80. The molecule has 132 valence electrons. The van der Waals surface area contributed by atoms with E-state index in [-0.39, 0.29) is 24.0 Å². The predicted molar refractivity (Wildman–Crippen MR) is 104 cm³/mol. The van der Waals surface area contributed by atoms with Crippen molar-refractivity contribution in [1.82, 2.24) is 10.6 Å². The van der Waals surface area contributed by atoms with E-state index in [0.29, 0.717) is 17.4 Å². The number of ether oxygens (including phenoxy) is 1. The van der Waals surface area contributed by atoms with Crippen molar-refractivity contribution in [3.63, 3.8) is 0 Å². The number of sulfone groups is 1. The lowest BCUT2D eigenvalue weighted by atomic mass is 10.2. The first-order chi connectivity index (χ1) is 10.5. The highest BCUT2D eigenvalue weighted by Crippen LogP contribution is 2.09. The molecular weight excluding hydrogens is 429 g/mol. The van der Waals surface area contributed by atoms with Gasteiger partial charge in [0.05, 0.1) is 4.90 Å². The number of hydrogen-bond donors (Lipinski definition) is 2. The number of rotatable bonds is 8. The van der Waals surface area contributed by atoms with Crippen molar-refractivity contribution in [1.29, 1.82) is 0 Å². The SMILES string of the molecule is CCOCCCNC(=NC)NCc1ccc(S(C)(=O)=O)cc1.I. The number of benzene rings is 1. The zero-order valence-electron chi connectivity index (χ0n) is 13.8. The Balaban J connectivity index is 0.00000484. The standard InChI is InChI=1S/C15H25N3O3S.HI/c1-4-21-11-5-10-17-15(16-2)18-12-13-6-8-14(9-7-13)22(3,19)20;/h6-9H,4-5,10-12H2,1-3H3,(H2,16,17,18);1H. The molecule has 0 spiro atoms. The van der Waals surface area contributed by atoms with Crippen LogP contribution in [0.4, 0.5) is 0 Å². The van der Waals surface area contributed by atoms with E-state index in [0.717, 1.165) is 31.7 Å². The maximum Gasteiger partial charge on any atom is 0.191 e. The molecule has 0 amide bonds. The molecule has 0 saturated heterocycles. The molecule has 8 heteroatoms. The summed E-state index contributed by atoms with van der Waals surface area (Å²) < 4.78 is 28.1. The van der Waals surface area contributed by atoms with Crippen LogP contribution in [0.5, 0.6) is 0 Å². The first-order valence-corrected chi connectivity index (χ1v) is 9.17. The average molecular weight is 455 g/mol. The third-order valence-corrected chi connectivity index (χ3v) is 4.13. The minimum Gasteiger partial charge on any atom is -0.382 e. The van der Waals surface area contributed by atoms with Crippen LogP contribution in [-0.2, 0) is 21.1 Å². The average Bonchev–Trinajstić information content (AvgIpc) is 2.49. The second-order valence-electron chi connectivity index (χ2n) is 4.82. The Morgan fingerprint density at radius 3 is 2.39 bits per heavy atom. The minimum absolute atomic E-state index is 0. The molecule has 1 aromatic carbocycles. The van der Waals surface area contributed by atoms with Crippen molar-refractivity contribution < 1.29 is 13.2 Å². The third kappa shape index (κ3) is 9.11. The summed E-state index contributed by atoms with van der Waals surface area (Å²) in [5.74, 6) is 0.712. The summed E-state index contributed by atoms with van der Waals surface area (Å²) >= 11 is 0. The fourth-order valence-electron chi connectivity index (χ4n) is 1.79. The van der Waals surface area contributed by atoms with Crippen molar-refractivity contribution >= 4 is 39.8 Å². The highest BCUT2D eigenvalue weighted by atomic mass is 127. The molecule has 0 bridgehead atoms. The molecule has 0 atom stereocenters. The van der Waals surface area contributed by atoms with Crippen molar-refractivity contribution in [3.05, 3.63) is 29.8 Å². The van der Waals surface area contributed by atoms with Gasteiger partial charge in [-0.1, -0.05) is 12.1 Å². The van der Waals surface area contributed by atoms with E-state index in [1.54, 1.807) is 31.3 Å². The van der Waals surface area contributed by atoms with Gasteiger partial charge in [-0.3, -0.25) is 4.99 Å². The topological polar surface area (TPSA) is 79.8 Å². The van der Waals surface area contributed by atoms with Gasteiger partial charge < -0.3 is 15.4 Å². The van der Waals surface area contributed by atoms with Gasteiger partial charge in [-0.15, -0.1) is 24.0 Å². The van der Waals surface area contributed by atoms with E-state index < -0.39 is 9.84 Å². The highest BCUT2D eigenvalue weighted by Gasteiger charge is 2.06. The van der Waals surface area contributed by atoms with Crippen LogP contribution in [0, 0.1) is 0 Å². The zero-order chi connectivity index (χ0) is 16.4. The maximum absolute atomic E-state index is 11.4. The molecule has 0 heterocycles. The van der Waals surface area contributed by atoms with Crippen LogP contribution < -0.4 is 10.6 Å². The van der Waals surface area contributed by atoms with Crippen molar-refractivity contribution in [2.45, 2.75) is 24.8 Å². The van der Waals surface area contributed by atoms with E-state index in [2.05, 4.69) is 15.6 Å². The Bertz CT molecular complexity index is 574. The molecule has 0 unspecified atom stereocenters. The fraction of sp³-hybridized carbons (Fsp3) is 0.533. The maximum atomic E-state index is 11.4. The molecule has 0 aromatic heterocycles. The molecule has 1 aromatic rings. The van der Waals surface area contributed by atoms with Gasteiger partial charge in [0.2, 0.25) is 0 Å². The zero-order valence-corrected chi connectivity index (χ0v) is 17.0. The summed E-state index contributed by atoms with van der Waals surface area (Å²) in [7, 11) is -1.43. The molecule has 1 rings (SSSR count). The van der Waals surface area contributed by atoms with Crippen molar-refractivity contribution in [2.24, 2.45) is 4.99 Å². The molecule has 0 aliphatic heterocycles. The van der Waals surface area contributed by atoms with Gasteiger partial charge in [0.1, 0.15) is 0 Å². The van der Waals surface area contributed by atoms with Gasteiger partial charge in [0, 0.05) is 39.6 Å². The number of hydrogen-bond acceptors (Lipinski definition) is 4. The Hall–Kier alpha value is -0.870. The summed E-state index contributed by atoms with van der Waals surface area (Å²) in [6.07, 6.45) is 2.12. The van der Waals surface area contributed by atoms with Crippen molar-refractivity contribution in [2.75, 3.05) is 33.1 Å². The molecule has 2 N–H and O–H groups in total. The van der Waals surface area contributed by atoms with Crippen LogP contribution in [0.2, 0.25) is 0 Å². The van der Waals surface area contributed by atoms with Crippen LogP contribution in [-0.4, -0.2) is 47.4 Å². The molecule has 0 radical (unpaired) electrons. The molecule has 0 aliphatic carbocycles. The molecule has 0 aliphatic rings. The van der Waals surface area contributed by atoms with E-state index in [9.17, 15) is 8.42 Å². The molecular formula is C15H26IN3O3S. The molecule has 0 saturated carbocycles. The van der Waals surface area contributed by atoms with Crippen LogP contribution in [0.25, 0.3) is 0 Å². The van der Waals surface area contributed by atoms with E-state index in [4.69, 9.17) is 4.74 Å². The van der Waals surface area contributed by atoms with E-state index >= 15 is 0 Å². The summed E-state index contributed by atoms with van der Waals surface area (Å²) in [5, 5.41) is 6.38. The first-order valence-electron chi connectivity index (χ1n) is 7.28. The van der Waals surface area contributed by atoms with E-state index in [1.165, 1.54) is 6.26 Å². The number of guanidine groups is 1. The summed E-state index contributed by atoms with van der Waals surface area (Å²) in [6.45, 7) is 4.80. The summed E-state index contributed by atoms with van der Waals surface area (Å²) in [6, 6.07) is 6.83. The summed E-state index contributed by atoms with van der Waals surface area (Å²) in [4.78, 5) is 4.46. The lowest BCUT2D eigenvalue weighted by Crippen LogP contribution is -2.37. The second-order valence-corrected chi connectivity index (χ2v) is 6.83. The Kier molecular flexibility index (Phi) is 11.2. The lowest BCUT2D eigenvalue weighted by molar-refractivity contribution is 0.145. The quantitative estimate of drug-likeness (QED) is 0.271. The molecule has 6 nitrogen and oxygen atoms in total. The van der Waals surface area contributed by atoms with Crippen molar-refractivity contribution in [3.8, 4) is 0 Å². The van der Waals surface area contributed by atoms with Gasteiger partial charge >= 0.3 is 0 Å². The number of nitrogens with one attached hydrogen (secondary N) is 2. The highest BCUT2D eigenvalue weighted by molar-refractivity contribution is 14.0. The van der Waals surface area contributed by atoms with Gasteiger partial charge in [-0.25, -0.2) is 8.42 Å². The van der Waals surface area contributed by atoms with Crippen LogP contribution in [0.15, 0.2) is 34.2 Å². The number of aliphatic imine (C=N–C) groups is 1. The van der Waals surface area contributed by atoms with Crippen LogP contribution in [0.3, 0.4) is 0 Å². The Morgan fingerprint density at radius 2 is 1.87 bits per heavy atom. The first kappa shape index (κ1) is 22.1. The third-order valence-electron chi connectivity index (χ3n) is 3.00. The Morgan fingerprint density at radius 1 is 1.22 bits per heavy atom. The lowest BCUT2D eigenvalue weighted by Gasteiger charge is -2.12. The number of halogens is 1.